The summed E-state index contributed by atoms with van der Waals surface area (Å²) in [5.74, 6) is 0.867. The first-order valence-corrected chi connectivity index (χ1v) is 10.6. The number of ether oxygens (including phenoxy) is 2. The van der Waals surface area contributed by atoms with Gasteiger partial charge in [0.1, 0.15) is 5.75 Å². The number of halogens is 1. The topological polar surface area (TPSA) is 59.8 Å². The van der Waals surface area contributed by atoms with E-state index in [0.29, 0.717) is 37.9 Å². The number of hydrogen-bond donors (Lipinski definition) is 0. The van der Waals surface area contributed by atoms with Crippen LogP contribution >= 0.6 is 12.4 Å². The largest absolute Gasteiger partial charge is 0.494 e. The van der Waals surface area contributed by atoms with Gasteiger partial charge in [0.05, 0.1) is 37.3 Å². The van der Waals surface area contributed by atoms with Crippen LogP contribution in [0.3, 0.4) is 0 Å². The summed E-state index contributed by atoms with van der Waals surface area (Å²) in [6, 6.07) is 8.56. The van der Waals surface area contributed by atoms with Crippen LogP contribution in [-0.4, -0.2) is 77.5 Å². The lowest BCUT2D eigenvalue weighted by Crippen LogP contribution is -2.40. The summed E-state index contributed by atoms with van der Waals surface area (Å²) in [7, 11) is 0. The van der Waals surface area contributed by atoms with Gasteiger partial charge in [-0.2, -0.15) is 5.10 Å². The fraction of sp³-hybridized carbons (Fsp3) is 0.565. The number of amides is 1. The molecule has 1 aromatic carbocycles. The van der Waals surface area contributed by atoms with Crippen molar-refractivity contribution in [2.24, 2.45) is 0 Å². The van der Waals surface area contributed by atoms with E-state index in [2.05, 4.69) is 16.9 Å². The number of carbonyl (C=O) groups excluding carboxylic acids is 1. The summed E-state index contributed by atoms with van der Waals surface area (Å²) in [6.07, 6.45) is 7.08. The Hall–Kier alpha value is -2.09. The van der Waals surface area contributed by atoms with Gasteiger partial charge in [0.15, 0.2) is 0 Å². The standard InChI is InChI=1S/C22H30N4O3.CH4.ClH/c1-18-4-2-9-24(18)10-3-13-29-21-7-5-20(6-8-21)26-17-19(16-23-26)22(27)25-11-14-28-15-12-25;;/h5-8,16-18H,2-4,9-15H2,1H3;1H4;1H/t18-;;/m1../s1. The highest BCUT2D eigenvalue weighted by molar-refractivity contribution is 5.93. The molecule has 2 fully saturated rings. The van der Waals surface area contributed by atoms with Crippen molar-refractivity contribution in [2.75, 3.05) is 46.0 Å². The van der Waals surface area contributed by atoms with E-state index in [-0.39, 0.29) is 25.7 Å². The molecule has 31 heavy (non-hydrogen) atoms. The second-order valence-electron chi connectivity index (χ2n) is 7.80. The van der Waals surface area contributed by atoms with Crippen LogP contribution in [0.5, 0.6) is 5.75 Å². The Bertz CT molecular complexity index is 805. The minimum absolute atomic E-state index is 0. The van der Waals surface area contributed by atoms with Gasteiger partial charge >= 0.3 is 0 Å². The van der Waals surface area contributed by atoms with Crippen LogP contribution in [0.4, 0.5) is 0 Å². The molecule has 1 atom stereocenters. The van der Waals surface area contributed by atoms with E-state index in [1.165, 1.54) is 19.4 Å². The Kier molecular flexibility index (Phi) is 9.81. The number of carbonyl (C=O) groups is 1. The Morgan fingerprint density at radius 2 is 1.94 bits per heavy atom. The third kappa shape index (κ3) is 6.45. The van der Waals surface area contributed by atoms with Gasteiger partial charge in [-0.15, -0.1) is 12.4 Å². The van der Waals surface area contributed by atoms with Crippen LogP contribution < -0.4 is 4.74 Å². The molecular weight excluding hydrogens is 416 g/mol. The second-order valence-corrected chi connectivity index (χ2v) is 7.80. The number of likely N-dealkylation sites (tertiary alicyclic amines) is 1. The molecule has 0 bridgehead atoms. The molecular formula is C23H35ClN4O3. The number of rotatable bonds is 7. The normalized spacial score (nSPS) is 18.9. The quantitative estimate of drug-likeness (QED) is 0.602. The van der Waals surface area contributed by atoms with Crippen molar-refractivity contribution in [3.05, 3.63) is 42.2 Å². The van der Waals surface area contributed by atoms with E-state index >= 15 is 0 Å². The molecule has 2 saturated heterocycles. The Morgan fingerprint density at radius 1 is 1.19 bits per heavy atom. The van der Waals surface area contributed by atoms with Gasteiger partial charge in [0.2, 0.25) is 0 Å². The van der Waals surface area contributed by atoms with Crippen LogP contribution in [0.15, 0.2) is 36.7 Å². The predicted molar refractivity (Wildman–Crippen MR) is 125 cm³/mol. The fourth-order valence-electron chi connectivity index (χ4n) is 4.00. The monoisotopic (exact) mass is 450 g/mol. The molecule has 0 radical (unpaired) electrons. The van der Waals surface area contributed by atoms with Gasteiger partial charge in [-0.25, -0.2) is 4.68 Å². The second kappa shape index (κ2) is 12.1. The molecule has 2 aromatic rings. The van der Waals surface area contributed by atoms with Crippen molar-refractivity contribution in [3.63, 3.8) is 0 Å². The molecule has 0 N–H and O–H groups in total. The summed E-state index contributed by atoms with van der Waals surface area (Å²) < 4.78 is 12.9. The van der Waals surface area contributed by atoms with Gasteiger partial charge in [-0.1, -0.05) is 7.43 Å². The van der Waals surface area contributed by atoms with Crippen molar-refractivity contribution >= 4 is 18.3 Å². The lowest BCUT2D eigenvalue weighted by Gasteiger charge is -2.26. The van der Waals surface area contributed by atoms with E-state index in [9.17, 15) is 4.79 Å². The molecule has 3 heterocycles. The van der Waals surface area contributed by atoms with Crippen LogP contribution in [0.2, 0.25) is 0 Å². The van der Waals surface area contributed by atoms with Crippen LogP contribution in [0.25, 0.3) is 5.69 Å². The number of hydrogen-bond acceptors (Lipinski definition) is 5. The molecule has 2 aliphatic rings. The molecule has 7 nitrogen and oxygen atoms in total. The molecule has 0 spiro atoms. The van der Waals surface area contributed by atoms with Crippen molar-refractivity contribution < 1.29 is 14.3 Å². The zero-order valence-electron chi connectivity index (χ0n) is 17.5. The minimum atomic E-state index is 0. The van der Waals surface area contributed by atoms with Crippen molar-refractivity contribution in [1.29, 1.82) is 0 Å². The lowest BCUT2D eigenvalue weighted by molar-refractivity contribution is 0.0303. The van der Waals surface area contributed by atoms with E-state index < -0.39 is 0 Å². The van der Waals surface area contributed by atoms with Crippen molar-refractivity contribution in [3.8, 4) is 11.4 Å². The maximum Gasteiger partial charge on any atom is 0.257 e. The maximum atomic E-state index is 12.6. The Labute approximate surface area is 191 Å². The first-order valence-electron chi connectivity index (χ1n) is 10.6. The highest BCUT2D eigenvalue weighted by Gasteiger charge is 2.20. The van der Waals surface area contributed by atoms with Gasteiger partial charge in [-0.05, 0) is 57.0 Å². The Morgan fingerprint density at radius 3 is 2.61 bits per heavy atom. The molecule has 0 unspecified atom stereocenters. The smallest absolute Gasteiger partial charge is 0.257 e. The number of benzene rings is 1. The first kappa shape index (κ1) is 25.2. The maximum absolute atomic E-state index is 12.6. The van der Waals surface area contributed by atoms with Crippen molar-refractivity contribution in [1.82, 2.24) is 19.6 Å². The van der Waals surface area contributed by atoms with E-state index in [4.69, 9.17) is 9.47 Å². The fourth-order valence-corrected chi connectivity index (χ4v) is 4.00. The van der Waals surface area contributed by atoms with Crippen LogP contribution in [-0.2, 0) is 4.74 Å². The van der Waals surface area contributed by atoms with E-state index in [1.54, 1.807) is 17.1 Å². The summed E-state index contributed by atoms with van der Waals surface area (Å²) in [4.78, 5) is 16.9. The van der Waals surface area contributed by atoms with Gasteiger partial charge in [0, 0.05) is 31.9 Å². The third-order valence-corrected chi connectivity index (χ3v) is 5.78. The summed E-state index contributed by atoms with van der Waals surface area (Å²) >= 11 is 0. The number of morpholine rings is 1. The summed E-state index contributed by atoms with van der Waals surface area (Å²) in [5, 5.41) is 4.35. The lowest BCUT2D eigenvalue weighted by atomic mass is 10.2. The van der Waals surface area contributed by atoms with E-state index in [1.807, 2.05) is 29.2 Å². The first-order chi connectivity index (χ1) is 14.2. The predicted octanol–water partition coefficient (Wildman–Crippen LogP) is 3.66. The van der Waals surface area contributed by atoms with Gasteiger partial charge in [0.25, 0.3) is 5.91 Å². The zero-order valence-corrected chi connectivity index (χ0v) is 18.4. The molecule has 0 aliphatic carbocycles. The molecule has 4 rings (SSSR count). The molecule has 172 valence electrons. The van der Waals surface area contributed by atoms with Gasteiger partial charge in [-0.3, -0.25) is 4.79 Å². The van der Waals surface area contributed by atoms with Crippen LogP contribution in [0.1, 0.15) is 44.0 Å². The van der Waals surface area contributed by atoms with Crippen LogP contribution in [0, 0.1) is 0 Å². The third-order valence-electron chi connectivity index (χ3n) is 5.78. The number of nitrogens with zero attached hydrogens (tertiary/aromatic N) is 4. The highest BCUT2D eigenvalue weighted by Crippen LogP contribution is 2.18. The summed E-state index contributed by atoms with van der Waals surface area (Å²) in [6.45, 7) is 7.81. The molecule has 1 amide bonds. The van der Waals surface area contributed by atoms with Gasteiger partial charge < -0.3 is 19.3 Å². The minimum Gasteiger partial charge on any atom is -0.494 e. The highest BCUT2D eigenvalue weighted by atomic mass is 35.5. The average Bonchev–Trinajstić information content (AvgIpc) is 3.41. The SMILES string of the molecule is C.C[C@@H]1CCCN1CCCOc1ccc(-n2cc(C(=O)N3CCOCC3)cn2)cc1.Cl. The summed E-state index contributed by atoms with van der Waals surface area (Å²) in [5.41, 5.74) is 1.51. The zero-order chi connectivity index (χ0) is 20.1. The Balaban J connectivity index is 0.00000171. The average molecular weight is 451 g/mol. The van der Waals surface area contributed by atoms with E-state index in [0.717, 1.165) is 31.0 Å². The molecule has 0 saturated carbocycles. The molecule has 2 aliphatic heterocycles. The molecule has 8 heteroatoms. The number of aromatic nitrogens is 2. The molecule has 1 aromatic heterocycles. The van der Waals surface area contributed by atoms with Crippen molar-refractivity contribution in [2.45, 2.75) is 39.7 Å².